The number of hydrogen-bond donors (Lipinski definition) is 0. The molecule has 19 heavy (non-hydrogen) atoms. The van der Waals surface area contributed by atoms with Gasteiger partial charge >= 0.3 is 0 Å². The Balaban J connectivity index is 2.11. The van der Waals surface area contributed by atoms with Crippen LogP contribution in [0.1, 0.15) is 15.9 Å². The zero-order chi connectivity index (χ0) is 13.7. The van der Waals surface area contributed by atoms with Gasteiger partial charge in [0.05, 0.1) is 16.2 Å². The summed E-state index contributed by atoms with van der Waals surface area (Å²) in [6, 6.07) is 13.1. The monoisotopic (exact) mass is 368 g/mol. The molecule has 0 aromatic heterocycles. The van der Waals surface area contributed by atoms with Gasteiger partial charge in [0.1, 0.15) is 18.1 Å². The maximum absolute atomic E-state index is 11.0. The minimum atomic E-state index is 0.421. The Morgan fingerprint density at radius 1 is 1.16 bits per heavy atom. The predicted molar refractivity (Wildman–Crippen MR) is 81.9 cm³/mol. The van der Waals surface area contributed by atoms with Crippen molar-refractivity contribution < 1.29 is 14.3 Å². The van der Waals surface area contributed by atoms with E-state index in [0.717, 1.165) is 21.2 Å². The van der Waals surface area contributed by atoms with E-state index in [1.165, 1.54) is 0 Å². The van der Waals surface area contributed by atoms with Crippen LogP contribution in [0.5, 0.6) is 11.5 Å². The first kappa shape index (κ1) is 13.9. The summed E-state index contributed by atoms with van der Waals surface area (Å²) >= 11 is 2.16. The topological polar surface area (TPSA) is 35.5 Å². The summed E-state index contributed by atoms with van der Waals surface area (Å²) in [6.07, 6.45) is 0.811. The summed E-state index contributed by atoms with van der Waals surface area (Å²) in [5, 5.41) is 0. The molecule has 0 atom stereocenters. The Hall–Kier alpha value is -1.56. The maximum Gasteiger partial charge on any atom is 0.153 e. The minimum Gasteiger partial charge on any atom is -0.497 e. The number of halogens is 1. The molecule has 0 amide bonds. The number of methoxy groups -OCH3 is 1. The first-order valence-corrected chi connectivity index (χ1v) is 6.82. The number of para-hydroxylation sites is 1. The number of carbonyl (C=O) groups is 1. The van der Waals surface area contributed by atoms with Gasteiger partial charge in [0.15, 0.2) is 6.29 Å². The van der Waals surface area contributed by atoms with E-state index in [9.17, 15) is 4.79 Å². The number of benzene rings is 2. The molecule has 0 radical (unpaired) electrons. The second kappa shape index (κ2) is 6.56. The molecular weight excluding hydrogens is 355 g/mol. The highest BCUT2D eigenvalue weighted by Crippen LogP contribution is 2.25. The van der Waals surface area contributed by atoms with Crippen molar-refractivity contribution in [2.45, 2.75) is 6.61 Å². The highest BCUT2D eigenvalue weighted by atomic mass is 127. The van der Waals surface area contributed by atoms with Crippen molar-refractivity contribution in [2.75, 3.05) is 7.11 Å². The van der Waals surface area contributed by atoms with E-state index >= 15 is 0 Å². The van der Waals surface area contributed by atoms with E-state index in [1.54, 1.807) is 13.2 Å². The zero-order valence-electron chi connectivity index (χ0n) is 10.4. The van der Waals surface area contributed by atoms with Crippen molar-refractivity contribution in [3.8, 4) is 11.5 Å². The number of ether oxygens (including phenoxy) is 2. The molecule has 0 saturated heterocycles. The van der Waals surface area contributed by atoms with Gasteiger partial charge in [-0.2, -0.15) is 0 Å². The van der Waals surface area contributed by atoms with Gasteiger partial charge in [-0.25, -0.2) is 0 Å². The number of carbonyl (C=O) groups excluding carboxylic acids is 1. The van der Waals surface area contributed by atoms with E-state index in [4.69, 9.17) is 9.47 Å². The van der Waals surface area contributed by atoms with Gasteiger partial charge in [0.2, 0.25) is 0 Å². The minimum absolute atomic E-state index is 0.421. The molecule has 0 aliphatic carbocycles. The molecule has 0 unspecified atom stereocenters. The largest absolute Gasteiger partial charge is 0.497 e. The van der Waals surface area contributed by atoms with Crippen LogP contribution in [-0.2, 0) is 6.61 Å². The quantitative estimate of drug-likeness (QED) is 0.597. The second-order valence-corrected chi connectivity index (χ2v) is 5.07. The molecule has 2 rings (SSSR count). The van der Waals surface area contributed by atoms with E-state index in [0.29, 0.717) is 17.9 Å². The highest BCUT2D eigenvalue weighted by molar-refractivity contribution is 14.1. The van der Waals surface area contributed by atoms with Crippen LogP contribution in [0.4, 0.5) is 0 Å². The fraction of sp³-hybridized carbons (Fsp3) is 0.133. The smallest absolute Gasteiger partial charge is 0.153 e. The van der Waals surface area contributed by atoms with Crippen molar-refractivity contribution in [1.82, 2.24) is 0 Å². The summed E-state index contributed by atoms with van der Waals surface area (Å²) in [6.45, 7) is 0.421. The maximum atomic E-state index is 11.0. The van der Waals surface area contributed by atoms with Crippen molar-refractivity contribution in [3.63, 3.8) is 0 Å². The lowest BCUT2D eigenvalue weighted by Gasteiger charge is -2.10. The Bertz CT molecular complexity index is 564. The molecule has 0 N–H and O–H groups in total. The Labute approximate surface area is 125 Å². The van der Waals surface area contributed by atoms with E-state index in [-0.39, 0.29) is 0 Å². The van der Waals surface area contributed by atoms with E-state index in [1.807, 2.05) is 36.4 Å². The Morgan fingerprint density at radius 2 is 1.89 bits per heavy atom. The molecule has 2 aromatic rings. The van der Waals surface area contributed by atoms with E-state index in [2.05, 4.69) is 22.6 Å². The van der Waals surface area contributed by atoms with Gasteiger partial charge in [0.25, 0.3) is 0 Å². The normalized spacial score (nSPS) is 10.0. The third-order valence-electron chi connectivity index (χ3n) is 2.67. The lowest BCUT2D eigenvalue weighted by Crippen LogP contribution is -2.00. The number of aldehydes is 1. The van der Waals surface area contributed by atoms with Crippen molar-refractivity contribution in [3.05, 3.63) is 57.2 Å². The molecule has 0 saturated carbocycles. The molecule has 0 bridgehead atoms. The lowest BCUT2D eigenvalue weighted by molar-refractivity contribution is 0.111. The molecule has 3 nitrogen and oxygen atoms in total. The molecular formula is C15H13IO3. The molecule has 2 aromatic carbocycles. The van der Waals surface area contributed by atoms with Crippen LogP contribution in [0.15, 0.2) is 42.5 Å². The molecule has 4 heteroatoms. The van der Waals surface area contributed by atoms with Crippen LogP contribution in [0.3, 0.4) is 0 Å². The summed E-state index contributed by atoms with van der Waals surface area (Å²) in [5.74, 6) is 1.44. The van der Waals surface area contributed by atoms with Crippen molar-refractivity contribution >= 4 is 28.9 Å². The first-order chi connectivity index (χ1) is 9.24. The van der Waals surface area contributed by atoms with Gasteiger partial charge in [0, 0.05) is 0 Å². The number of rotatable bonds is 5. The summed E-state index contributed by atoms with van der Waals surface area (Å²) in [5.41, 5.74) is 1.60. The van der Waals surface area contributed by atoms with Crippen LogP contribution in [-0.4, -0.2) is 13.4 Å². The molecule has 98 valence electrons. The lowest BCUT2D eigenvalue weighted by atomic mass is 10.2. The summed E-state index contributed by atoms with van der Waals surface area (Å²) in [7, 11) is 1.63. The molecule has 0 aliphatic rings. The number of hydrogen-bond acceptors (Lipinski definition) is 3. The molecule has 0 spiro atoms. The summed E-state index contributed by atoms with van der Waals surface area (Å²) in [4.78, 5) is 11.0. The van der Waals surface area contributed by atoms with Gasteiger partial charge in [-0.1, -0.05) is 18.2 Å². The average Bonchev–Trinajstić information content (AvgIpc) is 2.46. The van der Waals surface area contributed by atoms with Gasteiger partial charge < -0.3 is 9.47 Å². The third kappa shape index (κ3) is 3.47. The van der Waals surface area contributed by atoms with Crippen LogP contribution in [0, 0.1) is 3.57 Å². The Morgan fingerprint density at radius 3 is 2.53 bits per heavy atom. The van der Waals surface area contributed by atoms with Crippen LogP contribution in [0.25, 0.3) is 0 Å². The fourth-order valence-corrected chi connectivity index (χ4v) is 2.32. The second-order valence-electron chi connectivity index (χ2n) is 3.91. The first-order valence-electron chi connectivity index (χ1n) is 5.74. The van der Waals surface area contributed by atoms with Crippen LogP contribution >= 0.6 is 22.6 Å². The van der Waals surface area contributed by atoms with Crippen molar-refractivity contribution in [1.29, 1.82) is 0 Å². The van der Waals surface area contributed by atoms with Gasteiger partial charge in [-0.05, 0) is 52.4 Å². The van der Waals surface area contributed by atoms with Crippen molar-refractivity contribution in [2.24, 2.45) is 0 Å². The van der Waals surface area contributed by atoms with E-state index < -0.39 is 0 Å². The SMILES string of the molecule is COc1ccc(COc2c(I)cccc2C=O)cc1. The highest BCUT2D eigenvalue weighted by Gasteiger charge is 2.07. The fourth-order valence-electron chi connectivity index (χ4n) is 1.65. The molecule has 0 aliphatic heterocycles. The average molecular weight is 368 g/mol. The van der Waals surface area contributed by atoms with Gasteiger partial charge in [-0.15, -0.1) is 0 Å². The standard InChI is InChI=1S/C15H13IO3/c1-18-13-7-5-11(6-8-13)10-19-15-12(9-17)3-2-4-14(15)16/h2-9H,10H2,1H3. The van der Waals surface area contributed by atoms with Crippen LogP contribution < -0.4 is 9.47 Å². The van der Waals surface area contributed by atoms with Crippen LogP contribution in [0.2, 0.25) is 0 Å². The third-order valence-corrected chi connectivity index (χ3v) is 3.52. The predicted octanol–water partition coefficient (Wildman–Crippen LogP) is 3.69. The summed E-state index contributed by atoms with van der Waals surface area (Å²) < 4.78 is 11.8. The zero-order valence-corrected chi connectivity index (χ0v) is 12.6. The Kier molecular flexibility index (Phi) is 4.79. The molecule has 0 heterocycles. The van der Waals surface area contributed by atoms with Gasteiger partial charge in [-0.3, -0.25) is 4.79 Å². The molecule has 0 fully saturated rings.